The van der Waals surface area contributed by atoms with Crippen molar-refractivity contribution in [2.24, 2.45) is 0 Å². The number of carbonyl (C=O) groups excluding carboxylic acids is 1. The molecule has 0 saturated heterocycles. The summed E-state index contributed by atoms with van der Waals surface area (Å²) in [5.74, 6) is -0.0666. The summed E-state index contributed by atoms with van der Waals surface area (Å²) in [5.41, 5.74) is 3.94. The highest BCUT2D eigenvalue weighted by Gasteiger charge is 2.22. The largest absolute Gasteiger partial charge is 0.302 e. The Morgan fingerprint density at radius 1 is 1.10 bits per heavy atom. The number of thiazole rings is 1. The summed E-state index contributed by atoms with van der Waals surface area (Å²) in [5, 5.41) is 1.30. The van der Waals surface area contributed by atoms with Gasteiger partial charge in [0, 0.05) is 23.7 Å². The Morgan fingerprint density at radius 3 is 2.48 bits per heavy atom. The van der Waals surface area contributed by atoms with Gasteiger partial charge in [-0.1, -0.05) is 48.9 Å². The summed E-state index contributed by atoms with van der Waals surface area (Å²) in [4.78, 5) is 22.3. The molecule has 156 valence electrons. The Hall–Kier alpha value is -1.66. The zero-order valence-corrected chi connectivity index (χ0v) is 19.6. The van der Waals surface area contributed by atoms with Crippen LogP contribution in [0.5, 0.6) is 0 Å². The molecule has 0 N–H and O–H groups in total. The highest BCUT2D eigenvalue weighted by molar-refractivity contribution is 7.22. The van der Waals surface area contributed by atoms with E-state index in [0.717, 1.165) is 35.0 Å². The fourth-order valence-corrected chi connectivity index (χ4v) is 4.41. The molecule has 3 aromatic rings. The van der Waals surface area contributed by atoms with Crippen LogP contribution in [-0.2, 0) is 0 Å². The van der Waals surface area contributed by atoms with E-state index in [1.165, 1.54) is 11.1 Å². The molecule has 0 atom stereocenters. The number of amides is 1. The topological polar surface area (TPSA) is 36.4 Å². The standard InChI is InChI=1S/C22H26ClN3OS.ClH/c1-5-25(6-2)12-13-26(21(27)17-8-7-9-18(23)14-17)22-24-20-16(4)15(3)10-11-19(20)28-22;/h7-11,14H,5-6,12-13H2,1-4H3;1H. The van der Waals surface area contributed by atoms with Crippen LogP contribution in [0.3, 0.4) is 0 Å². The van der Waals surface area contributed by atoms with Crippen LogP contribution >= 0.6 is 35.3 Å². The first-order valence-electron chi connectivity index (χ1n) is 9.61. The van der Waals surface area contributed by atoms with E-state index in [2.05, 4.69) is 44.7 Å². The van der Waals surface area contributed by atoms with E-state index in [1.807, 2.05) is 6.07 Å². The number of carbonyl (C=O) groups is 1. The molecule has 1 amide bonds. The van der Waals surface area contributed by atoms with Crippen molar-refractivity contribution >= 4 is 56.6 Å². The Balaban J connectivity index is 0.00000300. The van der Waals surface area contributed by atoms with Gasteiger partial charge in [0.05, 0.1) is 10.2 Å². The number of aromatic nitrogens is 1. The van der Waals surface area contributed by atoms with Gasteiger partial charge >= 0.3 is 0 Å². The van der Waals surface area contributed by atoms with E-state index < -0.39 is 0 Å². The predicted octanol–water partition coefficient (Wildman–Crippen LogP) is 5.98. The first-order valence-corrected chi connectivity index (χ1v) is 10.8. The average molecular weight is 452 g/mol. The number of benzene rings is 2. The molecule has 0 radical (unpaired) electrons. The Kier molecular flexibility index (Phi) is 8.46. The lowest BCUT2D eigenvalue weighted by Crippen LogP contribution is -2.38. The van der Waals surface area contributed by atoms with Crippen molar-refractivity contribution in [3.63, 3.8) is 0 Å². The maximum atomic E-state index is 13.3. The minimum absolute atomic E-state index is 0. The van der Waals surface area contributed by atoms with E-state index in [0.29, 0.717) is 17.1 Å². The highest BCUT2D eigenvalue weighted by Crippen LogP contribution is 2.32. The normalized spacial score (nSPS) is 11.0. The third kappa shape index (κ3) is 5.28. The molecule has 0 aliphatic carbocycles. The minimum atomic E-state index is -0.0666. The van der Waals surface area contributed by atoms with Crippen molar-refractivity contribution in [2.75, 3.05) is 31.1 Å². The van der Waals surface area contributed by atoms with Crippen LogP contribution in [0.25, 0.3) is 10.2 Å². The molecule has 0 unspecified atom stereocenters. The number of anilines is 1. The van der Waals surface area contributed by atoms with Crippen LogP contribution in [0, 0.1) is 13.8 Å². The summed E-state index contributed by atoms with van der Waals surface area (Å²) in [6, 6.07) is 11.3. The molecular weight excluding hydrogens is 425 g/mol. The third-order valence-electron chi connectivity index (χ3n) is 5.16. The lowest BCUT2D eigenvalue weighted by molar-refractivity contribution is 0.0984. The zero-order chi connectivity index (χ0) is 20.3. The smallest absolute Gasteiger partial charge is 0.260 e. The average Bonchev–Trinajstić information content (AvgIpc) is 3.12. The van der Waals surface area contributed by atoms with Gasteiger partial charge in [-0.05, 0) is 62.3 Å². The van der Waals surface area contributed by atoms with Gasteiger partial charge in [-0.15, -0.1) is 12.4 Å². The number of aryl methyl sites for hydroxylation is 2. The van der Waals surface area contributed by atoms with Crippen molar-refractivity contribution < 1.29 is 4.79 Å². The molecule has 1 aromatic heterocycles. The van der Waals surface area contributed by atoms with Gasteiger partial charge in [-0.2, -0.15) is 0 Å². The van der Waals surface area contributed by atoms with Crippen LogP contribution in [0.2, 0.25) is 5.02 Å². The summed E-state index contributed by atoms with van der Waals surface area (Å²) in [7, 11) is 0. The Labute approximate surface area is 187 Å². The van der Waals surface area contributed by atoms with Crippen LogP contribution in [-0.4, -0.2) is 42.0 Å². The monoisotopic (exact) mass is 451 g/mol. The van der Waals surface area contributed by atoms with Crippen molar-refractivity contribution in [2.45, 2.75) is 27.7 Å². The molecule has 0 spiro atoms. The van der Waals surface area contributed by atoms with Crippen LogP contribution in [0.4, 0.5) is 5.13 Å². The summed E-state index contributed by atoms with van der Waals surface area (Å²) in [6.45, 7) is 11.7. The molecule has 4 nitrogen and oxygen atoms in total. The van der Waals surface area contributed by atoms with Gasteiger partial charge in [0.2, 0.25) is 0 Å². The predicted molar refractivity (Wildman–Crippen MR) is 127 cm³/mol. The first kappa shape index (κ1) is 23.6. The Morgan fingerprint density at radius 2 is 1.83 bits per heavy atom. The minimum Gasteiger partial charge on any atom is -0.302 e. The lowest BCUT2D eigenvalue weighted by Gasteiger charge is -2.24. The van der Waals surface area contributed by atoms with E-state index in [9.17, 15) is 4.79 Å². The number of rotatable bonds is 7. The molecule has 0 bridgehead atoms. The van der Waals surface area contributed by atoms with E-state index >= 15 is 0 Å². The summed E-state index contributed by atoms with van der Waals surface area (Å²) >= 11 is 7.69. The zero-order valence-electron chi connectivity index (χ0n) is 17.2. The molecule has 7 heteroatoms. The van der Waals surface area contributed by atoms with Crippen LogP contribution in [0.15, 0.2) is 36.4 Å². The van der Waals surface area contributed by atoms with Crippen molar-refractivity contribution in [1.29, 1.82) is 0 Å². The van der Waals surface area contributed by atoms with Gasteiger partial charge in [0.1, 0.15) is 0 Å². The molecule has 29 heavy (non-hydrogen) atoms. The maximum Gasteiger partial charge on any atom is 0.260 e. The molecule has 0 fully saturated rings. The number of nitrogens with zero attached hydrogens (tertiary/aromatic N) is 3. The molecule has 0 aliphatic heterocycles. The van der Waals surface area contributed by atoms with Gasteiger partial charge in [-0.3, -0.25) is 9.69 Å². The molecular formula is C22H27Cl2N3OS. The van der Waals surface area contributed by atoms with Crippen molar-refractivity contribution in [1.82, 2.24) is 9.88 Å². The number of halogens is 2. The van der Waals surface area contributed by atoms with Gasteiger partial charge in [-0.25, -0.2) is 4.98 Å². The summed E-state index contributed by atoms with van der Waals surface area (Å²) in [6.07, 6.45) is 0. The molecule has 0 saturated carbocycles. The van der Waals surface area contributed by atoms with Crippen molar-refractivity contribution in [3.8, 4) is 0 Å². The van der Waals surface area contributed by atoms with Crippen molar-refractivity contribution in [3.05, 3.63) is 58.1 Å². The number of hydrogen-bond acceptors (Lipinski definition) is 4. The fraction of sp³-hybridized carbons (Fsp3) is 0.364. The molecule has 0 aliphatic rings. The second-order valence-corrected chi connectivity index (χ2v) is 8.29. The molecule has 3 rings (SSSR count). The highest BCUT2D eigenvalue weighted by atomic mass is 35.5. The third-order valence-corrected chi connectivity index (χ3v) is 6.43. The van der Waals surface area contributed by atoms with Crippen LogP contribution < -0.4 is 4.90 Å². The second kappa shape index (κ2) is 10.4. The quantitative estimate of drug-likeness (QED) is 0.443. The summed E-state index contributed by atoms with van der Waals surface area (Å²) < 4.78 is 1.10. The van der Waals surface area contributed by atoms with Gasteiger partial charge in [0.25, 0.3) is 5.91 Å². The lowest BCUT2D eigenvalue weighted by atomic mass is 10.1. The Bertz CT molecular complexity index is 985. The number of fused-ring (bicyclic) bond motifs is 1. The maximum absolute atomic E-state index is 13.3. The first-order chi connectivity index (χ1) is 13.4. The SMILES string of the molecule is CCN(CC)CCN(C(=O)c1cccc(Cl)c1)c1nc2c(C)c(C)ccc2s1.Cl. The number of likely N-dealkylation sites (N-methyl/N-ethyl adjacent to an activating group) is 1. The molecule has 2 aromatic carbocycles. The van der Waals surface area contributed by atoms with Crippen LogP contribution in [0.1, 0.15) is 35.3 Å². The van der Waals surface area contributed by atoms with E-state index in [4.69, 9.17) is 16.6 Å². The van der Waals surface area contributed by atoms with Gasteiger partial charge < -0.3 is 4.90 Å². The van der Waals surface area contributed by atoms with Gasteiger partial charge in [0.15, 0.2) is 5.13 Å². The van der Waals surface area contributed by atoms with E-state index in [-0.39, 0.29) is 18.3 Å². The fourth-order valence-electron chi connectivity index (χ4n) is 3.17. The van der Waals surface area contributed by atoms with E-state index in [1.54, 1.807) is 34.4 Å². The second-order valence-electron chi connectivity index (χ2n) is 6.84. The number of hydrogen-bond donors (Lipinski definition) is 0. The molecule has 1 heterocycles.